The highest BCUT2D eigenvalue weighted by Gasteiger charge is 2.27. The maximum absolute atomic E-state index is 3.92. The van der Waals surface area contributed by atoms with Crippen molar-refractivity contribution in [1.82, 2.24) is 10.2 Å². The molecule has 2 atom stereocenters. The monoisotopic (exact) mass is 252 g/mol. The average molecular weight is 252 g/mol. The van der Waals surface area contributed by atoms with Crippen molar-refractivity contribution in [1.29, 1.82) is 0 Å². The van der Waals surface area contributed by atoms with Crippen LogP contribution < -0.4 is 5.32 Å². The molecule has 0 aromatic carbocycles. The quantitative estimate of drug-likeness (QED) is 0.771. The second-order valence-electron chi connectivity index (χ2n) is 6.78. The fourth-order valence-corrected chi connectivity index (χ4v) is 3.71. The van der Waals surface area contributed by atoms with Crippen molar-refractivity contribution in [2.45, 2.75) is 83.8 Å². The van der Waals surface area contributed by atoms with Crippen molar-refractivity contribution < 1.29 is 0 Å². The Morgan fingerprint density at radius 2 is 1.61 bits per heavy atom. The molecule has 18 heavy (non-hydrogen) atoms. The fraction of sp³-hybridized carbons (Fsp3) is 1.00. The van der Waals surface area contributed by atoms with Gasteiger partial charge >= 0.3 is 0 Å². The van der Waals surface area contributed by atoms with Gasteiger partial charge in [0.15, 0.2) is 0 Å². The highest BCUT2D eigenvalue weighted by atomic mass is 15.2. The van der Waals surface area contributed by atoms with Gasteiger partial charge in [-0.05, 0) is 52.5 Å². The third-order valence-corrected chi connectivity index (χ3v) is 5.06. The van der Waals surface area contributed by atoms with E-state index in [-0.39, 0.29) is 0 Å². The van der Waals surface area contributed by atoms with Crippen LogP contribution in [0.15, 0.2) is 0 Å². The Morgan fingerprint density at radius 3 is 2.17 bits per heavy atom. The van der Waals surface area contributed by atoms with Crippen LogP contribution in [0.4, 0.5) is 0 Å². The lowest BCUT2D eigenvalue weighted by Crippen LogP contribution is -2.43. The maximum Gasteiger partial charge on any atom is 0.0209 e. The van der Waals surface area contributed by atoms with Crippen LogP contribution >= 0.6 is 0 Å². The molecule has 2 aliphatic rings. The van der Waals surface area contributed by atoms with Gasteiger partial charge in [0.25, 0.3) is 0 Å². The second-order valence-corrected chi connectivity index (χ2v) is 6.78. The average Bonchev–Trinajstić information content (AvgIpc) is 2.64. The molecule has 1 saturated heterocycles. The summed E-state index contributed by atoms with van der Waals surface area (Å²) in [6.07, 6.45) is 10.1. The first-order valence-corrected chi connectivity index (χ1v) is 8.17. The molecular weight excluding hydrogens is 220 g/mol. The van der Waals surface area contributed by atoms with Crippen LogP contribution in [0.25, 0.3) is 0 Å². The van der Waals surface area contributed by atoms with Crippen molar-refractivity contribution in [2.75, 3.05) is 13.1 Å². The van der Waals surface area contributed by atoms with E-state index in [0.717, 1.165) is 18.0 Å². The van der Waals surface area contributed by atoms with E-state index in [0.29, 0.717) is 6.04 Å². The van der Waals surface area contributed by atoms with Crippen LogP contribution in [0.1, 0.15) is 65.7 Å². The molecule has 1 aliphatic heterocycles. The molecule has 2 heteroatoms. The predicted molar refractivity (Wildman–Crippen MR) is 78.9 cm³/mol. The van der Waals surface area contributed by atoms with Crippen LogP contribution in [0.5, 0.6) is 0 Å². The van der Waals surface area contributed by atoms with Crippen LogP contribution in [0.3, 0.4) is 0 Å². The SMILES string of the molecule is CC(C)N1CCC(N[C@@H](C)C2CCCCCC2)C1. The fourth-order valence-electron chi connectivity index (χ4n) is 3.71. The van der Waals surface area contributed by atoms with Gasteiger partial charge < -0.3 is 5.32 Å². The topological polar surface area (TPSA) is 15.3 Å². The lowest BCUT2D eigenvalue weighted by atomic mass is 9.92. The van der Waals surface area contributed by atoms with Crippen LogP contribution in [0, 0.1) is 5.92 Å². The van der Waals surface area contributed by atoms with E-state index in [1.165, 1.54) is 58.0 Å². The molecule has 1 saturated carbocycles. The van der Waals surface area contributed by atoms with E-state index < -0.39 is 0 Å². The van der Waals surface area contributed by atoms with Gasteiger partial charge in [0.2, 0.25) is 0 Å². The zero-order valence-corrected chi connectivity index (χ0v) is 12.6. The van der Waals surface area contributed by atoms with E-state index in [2.05, 4.69) is 31.0 Å². The molecule has 1 aliphatic carbocycles. The highest BCUT2D eigenvalue weighted by Crippen LogP contribution is 2.26. The smallest absolute Gasteiger partial charge is 0.0209 e. The van der Waals surface area contributed by atoms with E-state index in [9.17, 15) is 0 Å². The number of likely N-dealkylation sites (tertiary alicyclic amines) is 1. The van der Waals surface area contributed by atoms with Gasteiger partial charge in [-0.2, -0.15) is 0 Å². The van der Waals surface area contributed by atoms with Gasteiger partial charge in [0.1, 0.15) is 0 Å². The summed E-state index contributed by atoms with van der Waals surface area (Å²) >= 11 is 0. The third-order valence-electron chi connectivity index (χ3n) is 5.06. The van der Waals surface area contributed by atoms with E-state index in [4.69, 9.17) is 0 Å². The van der Waals surface area contributed by atoms with Crippen LogP contribution in [0.2, 0.25) is 0 Å². The van der Waals surface area contributed by atoms with E-state index in [1.54, 1.807) is 0 Å². The Kier molecular flexibility index (Phi) is 5.50. The number of hydrogen-bond acceptors (Lipinski definition) is 2. The van der Waals surface area contributed by atoms with Crippen molar-refractivity contribution in [3.63, 3.8) is 0 Å². The Morgan fingerprint density at radius 1 is 0.944 bits per heavy atom. The molecule has 1 unspecified atom stereocenters. The standard InChI is InChI=1S/C16H32N2/c1-13(2)18-11-10-16(12-18)17-14(3)15-8-6-4-5-7-9-15/h13-17H,4-12H2,1-3H3/t14-,16?/m0/s1. The zero-order chi connectivity index (χ0) is 13.0. The Hall–Kier alpha value is -0.0800. The summed E-state index contributed by atoms with van der Waals surface area (Å²) in [6, 6.07) is 2.18. The number of hydrogen-bond donors (Lipinski definition) is 1. The summed E-state index contributed by atoms with van der Waals surface area (Å²) in [7, 11) is 0. The summed E-state index contributed by atoms with van der Waals surface area (Å²) in [4.78, 5) is 2.61. The first-order valence-electron chi connectivity index (χ1n) is 8.17. The molecule has 0 aromatic heterocycles. The predicted octanol–water partition coefficient (Wildman–Crippen LogP) is 3.42. The van der Waals surface area contributed by atoms with Gasteiger partial charge in [0.05, 0.1) is 0 Å². The molecule has 2 fully saturated rings. The molecule has 2 rings (SSSR count). The van der Waals surface area contributed by atoms with Crippen molar-refractivity contribution in [3.8, 4) is 0 Å². The molecule has 1 N–H and O–H groups in total. The van der Waals surface area contributed by atoms with Gasteiger partial charge in [-0.1, -0.05) is 25.7 Å². The molecule has 1 heterocycles. The summed E-state index contributed by atoms with van der Waals surface area (Å²) in [5.41, 5.74) is 0. The Labute approximate surface area is 114 Å². The first-order chi connectivity index (χ1) is 8.66. The summed E-state index contributed by atoms with van der Waals surface area (Å²) in [5.74, 6) is 0.931. The van der Waals surface area contributed by atoms with Gasteiger partial charge in [0, 0.05) is 24.7 Å². The van der Waals surface area contributed by atoms with Gasteiger partial charge in [-0.15, -0.1) is 0 Å². The maximum atomic E-state index is 3.92. The van der Waals surface area contributed by atoms with Crippen LogP contribution in [-0.4, -0.2) is 36.1 Å². The molecule has 106 valence electrons. The third kappa shape index (κ3) is 3.96. The minimum absolute atomic E-state index is 0.713. The zero-order valence-electron chi connectivity index (χ0n) is 12.6. The molecular formula is C16H32N2. The molecule has 0 radical (unpaired) electrons. The molecule has 2 nitrogen and oxygen atoms in total. The Bertz CT molecular complexity index is 231. The van der Waals surface area contributed by atoms with Crippen LogP contribution in [-0.2, 0) is 0 Å². The van der Waals surface area contributed by atoms with E-state index in [1.807, 2.05) is 0 Å². The number of rotatable bonds is 4. The number of nitrogens with zero attached hydrogens (tertiary/aromatic N) is 1. The molecule has 0 spiro atoms. The normalized spacial score (nSPS) is 29.7. The molecule has 0 bridgehead atoms. The Balaban J connectivity index is 1.75. The van der Waals surface area contributed by atoms with Gasteiger partial charge in [-0.25, -0.2) is 0 Å². The van der Waals surface area contributed by atoms with Gasteiger partial charge in [-0.3, -0.25) is 4.90 Å². The lowest BCUT2D eigenvalue weighted by molar-refractivity contribution is 0.256. The molecule has 0 aromatic rings. The highest BCUT2D eigenvalue weighted by molar-refractivity contribution is 4.86. The minimum Gasteiger partial charge on any atom is -0.310 e. The largest absolute Gasteiger partial charge is 0.310 e. The lowest BCUT2D eigenvalue weighted by Gasteiger charge is -2.27. The summed E-state index contributed by atoms with van der Waals surface area (Å²) in [5, 5.41) is 3.92. The van der Waals surface area contributed by atoms with E-state index >= 15 is 0 Å². The minimum atomic E-state index is 0.713. The van der Waals surface area contributed by atoms with Crippen molar-refractivity contribution in [3.05, 3.63) is 0 Å². The second kappa shape index (κ2) is 6.91. The summed E-state index contributed by atoms with van der Waals surface area (Å²) in [6.45, 7) is 9.60. The van der Waals surface area contributed by atoms with Crippen molar-refractivity contribution in [2.24, 2.45) is 5.92 Å². The number of nitrogens with one attached hydrogen (secondary N) is 1. The first kappa shape index (κ1) is 14.3. The van der Waals surface area contributed by atoms with Crippen molar-refractivity contribution >= 4 is 0 Å². The summed E-state index contributed by atoms with van der Waals surface area (Å²) < 4.78 is 0. The molecule has 0 amide bonds.